The third kappa shape index (κ3) is 5.08. The number of carbonyl (C=O) groups is 1. The molecule has 0 saturated heterocycles. The Morgan fingerprint density at radius 2 is 1.72 bits per heavy atom. The van der Waals surface area contributed by atoms with Crippen molar-refractivity contribution in [3.05, 3.63) is 78.4 Å². The minimum Gasteiger partial charge on any atom is -0.494 e. The Labute approximate surface area is 184 Å². The van der Waals surface area contributed by atoms with E-state index < -0.39 is 0 Å². The minimum atomic E-state index is 0. The van der Waals surface area contributed by atoms with Crippen molar-refractivity contribution in [2.75, 3.05) is 12.4 Å². The number of nitrogens with one attached hydrogen (secondary N) is 1. The molecule has 0 aliphatic heterocycles. The van der Waals surface area contributed by atoms with Crippen LogP contribution >= 0.6 is 28.7 Å². The Kier molecular flexibility index (Phi) is 7.12. The molecule has 1 heterocycles. The number of fused-ring (bicyclic) bond motifs is 1. The summed E-state index contributed by atoms with van der Waals surface area (Å²) in [6.07, 6.45) is 0. The Morgan fingerprint density at radius 1 is 1.00 bits per heavy atom. The molecule has 0 unspecified atom stereocenters. The first-order chi connectivity index (χ1) is 13.7. The van der Waals surface area contributed by atoms with Gasteiger partial charge in [0, 0.05) is 11.6 Å². The third-order valence-corrected chi connectivity index (χ3v) is 5.27. The number of thioether (sulfide) groups is 1. The zero-order chi connectivity index (χ0) is 19.3. The second kappa shape index (κ2) is 9.76. The maximum Gasteiger partial charge on any atom is 0.173 e. The van der Waals surface area contributed by atoms with Crippen molar-refractivity contribution in [2.45, 2.75) is 12.1 Å². The van der Waals surface area contributed by atoms with Crippen molar-refractivity contribution in [1.82, 2.24) is 9.97 Å². The van der Waals surface area contributed by atoms with Crippen molar-refractivity contribution in [1.29, 1.82) is 0 Å². The summed E-state index contributed by atoms with van der Waals surface area (Å²) < 4.78 is 5.51. The fraction of sp³-hybridized carbons (Fsp3) is 0.130. The SMILES string of the molecule is Br.CCOc1ccc2nc(SCC(=O)c3ccc(-c4ccccc4)cc3)[nH]c2c1. The molecule has 148 valence electrons. The predicted octanol–water partition coefficient (Wildman–Crippen LogP) is 6.18. The topological polar surface area (TPSA) is 55.0 Å². The van der Waals surface area contributed by atoms with Gasteiger partial charge >= 0.3 is 0 Å². The Morgan fingerprint density at radius 3 is 2.45 bits per heavy atom. The summed E-state index contributed by atoms with van der Waals surface area (Å²) >= 11 is 1.41. The van der Waals surface area contributed by atoms with Crippen LogP contribution in [-0.2, 0) is 0 Å². The van der Waals surface area contributed by atoms with Crippen LogP contribution in [0.15, 0.2) is 78.0 Å². The molecular formula is C23H21BrN2O2S. The van der Waals surface area contributed by atoms with Crippen LogP contribution in [0.2, 0.25) is 0 Å². The lowest BCUT2D eigenvalue weighted by Crippen LogP contribution is -2.02. The first-order valence-electron chi connectivity index (χ1n) is 9.17. The number of aromatic amines is 1. The maximum atomic E-state index is 12.5. The van der Waals surface area contributed by atoms with Crippen LogP contribution < -0.4 is 4.74 Å². The zero-order valence-electron chi connectivity index (χ0n) is 15.9. The van der Waals surface area contributed by atoms with E-state index in [9.17, 15) is 4.79 Å². The van der Waals surface area contributed by atoms with Gasteiger partial charge in [-0.15, -0.1) is 17.0 Å². The lowest BCUT2D eigenvalue weighted by molar-refractivity contribution is 0.102. The van der Waals surface area contributed by atoms with Gasteiger partial charge in [-0.2, -0.15) is 0 Å². The molecule has 0 fully saturated rings. The van der Waals surface area contributed by atoms with Gasteiger partial charge in [0.2, 0.25) is 0 Å². The van der Waals surface area contributed by atoms with E-state index in [2.05, 4.69) is 22.1 Å². The number of imidazole rings is 1. The molecule has 0 aliphatic rings. The third-order valence-electron chi connectivity index (χ3n) is 4.40. The van der Waals surface area contributed by atoms with E-state index in [1.807, 2.05) is 67.6 Å². The Hall–Kier alpha value is -2.57. The van der Waals surface area contributed by atoms with Gasteiger partial charge in [0.05, 0.1) is 23.4 Å². The molecule has 0 saturated carbocycles. The van der Waals surface area contributed by atoms with E-state index in [-0.39, 0.29) is 22.8 Å². The average molecular weight is 469 g/mol. The number of H-pyrrole nitrogens is 1. The predicted molar refractivity (Wildman–Crippen MR) is 125 cm³/mol. The van der Waals surface area contributed by atoms with Crippen molar-refractivity contribution in [2.24, 2.45) is 0 Å². The van der Waals surface area contributed by atoms with Gasteiger partial charge in [0.25, 0.3) is 0 Å². The molecule has 0 aliphatic carbocycles. The number of ether oxygens (including phenoxy) is 1. The standard InChI is InChI=1S/C23H20N2O2S.BrH/c1-2-27-19-12-13-20-21(14-19)25-23(24-20)28-15-22(26)18-10-8-17(9-11-18)16-6-4-3-5-7-16;/h3-14H,2,15H2,1H3,(H,24,25);1H. The number of hydrogen-bond donors (Lipinski definition) is 1. The van der Waals surface area contributed by atoms with Crippen LogP contribution in [0, 0.1) is 0 Å². The molecule has 0 amide bonds. The molecule has 4 nitrogen and oxygen atoms in total. The summed E-state index contributed by atoms with van der Waals surface area (Å²) in [6.45, 7) is 2.58. The summed E-state index contributed by atoms with van der Waals surface area (Å²) in [5.41, 5.74) is 4.73. The number of halogens is 1. The number of ketones is 1. The van der Waals surface area contributed by atoms with E-state index in [0.717, 1.165) is 33.1 Å². The van der Waals surface area contributed by atoms with Crippen molar-refractivity contribution < 1.29 is 9.53 Å². The van der Waals surface area contributed by atoms with Crippen LogP contribution in [0.1, 0.15) is 17.3 Å². The highest BCUT2D eigenvalue weighted by atomic mass is 79.9. The molecule has 1 aromatic heterocycles. The van der Waals surface area contributed by atoms with Crippen LogP contribution in [-0.4, -0.2) is 28.1 Å². The van der Waals surface area contributed by atoms with Crippen LogP contribution in [0.25, 0.3) is 22.2 Å². The Bertz CT molecular complexity index is 1100. The summed E-state index contributed by atoms with van der Waals surface area (Å²) in [4.78, 5) is 20.3. The van der Waals surface area contributed by atoms with Crippen molar-refractivity contribution in [3.63, 3.8) is 0 Å². The second-order valence-corrected chi connectivity index (χ2v) is 7.27. The molecule has 6 heteroatoms. The highest BCUT2D eigenvalue weighted by Crippen LogP contribution is 2.24. The summed E-state index contributed by atoms with van der Waals surface area (Å²) in [7, 11) is 0. The fourth-order valence-corrected chi connectivity index (χ4v) is 3.77. The number of benzene rings is 3. The first-order valence-corrected chi connectivity index (χ1v) is 10.2. The van der Waals surface area contributed by atoms with Crippen LogP contribution in [0.4, 0.5) is 0 Å². The molecule has 0 atom stereocenters. The summed E-state index contributed by atoms with van der Waals surface area (Å²) in [5, 5.41) is 0.734. The molecule has 29 heavy (non-hydrogen) atoms. The molecule has 0 bridgehead atoms. The molecular weight excluding hydrogens is 448 g/mol. The number of aromatic nitrogens is 2. The van der Waals surface area contributed by atoms with Gasteiger partial charge in [-0.1, -0.05) is 66.4 Å². The largest absolute Gasteiger partial charge is 0.494 e. The lowest BCUT2D eigenvalue weighted by atomic mass is 10.0. The van der Waals surface area contributed by atoms with Gasteiger partial charge < -0.3 is 9.72 Å². The van der Waals surface area contributed by atoms with Gasteiger partial charge in [-0.25, -0.2) is 4.98 Å². The highest BCUT2D eigenvalue weighted by molar-refractivity contribution is 8.93. The number of nitrogens with zero attached hydrogens (tertiary/aromatic N) is 1. The normalized spacial score (nSPS) is 10.5. The summed E-state index contributed by atoms with van der Waals surface area (Å²) in [5.74, 6) is 1.23. The molecule has 0 spiro atoms. The summed E-state index contributed by atoms with van der Waals surface area (Å²) in [6, 6.07) is 23.6. The van der Waals surface area contributed by atoms with Crippen molar-refractivity contribution >= 4 is 45.6 Å². The van der Waals surface area contributed by atoms with Crippen molar-refractivity contribution in [3.8, 4) is 16.9 Å². The smallest absolute Gasteiger partial charge is 0.173 e. The number of Topliss-reactive ketones (excluding diaryl/α,β-unsaturated/α-hetero) is 1. The van der Waals surface area contributed by atoms with Gasteiger partial charge in [-0.05, 0) is 30.2 Å². The second-order valence-electron chi connectivity index (χ2n) is 6.31. The lowest BCUT2D eigenvalue weighted by Gasteiger charge is -2.04. The van der Waals surface area contributed by atoms with Gasteiger partial charge in [-0.3, -0.25) is 4.79 Å². The highest BCUT2D eigenvalue weighted by Gasteiger charge is 2.10. The molecule has 4 aromatic rings. The van der Waals surface area contributed by atoms with Crippen LogP contribution in [0.3, 0.4) is 0 Å². The number of hydrogen-bond acceptors (Lipinski definition) is 4. The van der Waals surface area contributed by atoms with E-state index >= 15 is 0 Å². The zero-order valence-corrected chi connectivity index (χ0v) is 18.5. The van der Waals surface area contributed by atoms with E-state index in [4.69, 9.17) is 4.74 Å². The fourth-order valence-electron chi connectivity index (χ4n) is 2.99. The molecule has 4 rings (SSSR count). The monoisotopic (exact) mass is 468 g/mol. The maximum absolute atomic E-state index is 12.5. The average Bonchev–Trinajstić information content (AvgIpc) is 3.15. The molecule has 0 radical (unpaired) electrons. The van der Waals surface area contributed by atoms with Crippen LogP contribution in [0.5, 0.6) is 5.75 Å². The van der Waals surface area contributed by atoms with E-state index in [1.54, 1.807) is 0 Å². The number of carbonyl (C=O) groups excluding carboxylic acids is 1. The molecule has 3 aromatic carbocycles. The van der Waals surface area contributed by atoms with Gasteiger partial charge in [0.15, 0.2) is 10.9 Å². The molecule has 1 N–H and O–H groups in total. The number of rotatable bonds is 7. The van der Waals surface area contributed by atoms with E-state index in [0.29, 0.717) is 17.9 Å². The minimum absolute atomic E-state index is 0. The van der Waals surface area contributed by atoms with Gasteiger partial charge in [0.1, 0.15) is 5.75 Å². The van der Waals surface area contributed by atoms with E-state index in [1.165, 1.54) is 11.8 Å². The first kappa shape index (κ1) is 21.1. The Balaban J connectivity index is 0.00000240. The quantitative estimate of drug-likeness (QED) is 0.259.